The SMILES string of the molecule is COc1ccc(CO[C@H](C=O)CCS(=O)(=O)c2ccccc2)cc1. The number of methoxy groups -OCH3 is 1. The summed E-state index contributed by atoms with van der Waals surface area (Å²) in [5.74, 6) is 0.600. The zero-order chi connectivity index (χ0) is 17.4. The van der Waals surface area contributed by atoms with Crippen LogP contribution in [-0.4, -0.2) is 33.7 Å². The van der Waals surface area contributed by atoms with Crippen LogP contribution in [0.15, 0.2) is 59.5 Å². The average Bonchev–Trinajstić information content (AvgIpc) is 2.63. The topological polar surface area (TPSA) is 69.7 Å². The van der Waals surface area contributed by atoms with Gasteiger partial charge in [-0.05, 0) is 36.2 Å². The lowest BCUT2D eigenvalue weighted by molar-refractivity contribution is -0.118. The molecule has 0 aliphatic rings. The number of ether oxygens (including phenoxy) is 2. The lowest BCUT2D eigenvalue weighted by atomic mass is 10.2. The molecular weight excluding hydrogens is 328 g/mol. The number of aldehydes is 1. The van der Waals surface area contributed by atoms with E-state index in [9.17, 15) is 13.2 Å². The standard InChI is InChI=1S/C18H20O5S/c1-22-16-9-7-15(8-10-16)14-23-17(13-19)11-12-24(20,21)18-5-3-2-4-6-18/h2-10,13,17H,11-12,14H2,1H3/t17-/m0/s1. The molecule has 6 heteroatoms. The predicted molar refractivity (Wildman–Crippen MR) is 90.7 cm³/mol. The van der Waals surface area contributed by atoms with Crippen molar-refractivity contribution in [3.63, 3.8) is 0 Å². The van der Waals surface area contributed by atoms with E-state index in [4.69, 9.17) is 9.47 Å². The Labute approximate surface area is 142 Å². The Morgan fingerprint density at radius 3 is 2.29 bits per heavy atom. The van der Waals surface area contributed by atoms with Gasteiger partial charge in [0, 0.05) is 0 Å². The molecule has 2 aromatic rings. The van der Waals surface area contributed by atoms with Gasteiger partial charge in [0.1, 0.15) is 18.1 Å². The van der Waals surface area contributed by atoms with Crippen LogP contribution in [0.5, 0.6) is 5.75 Å². The van der Waals surface area contributed by atoms with E-state index in [1.165, 1.54) is 0 Å². The highest BCUT2D eigenvalue weighted by Crippen LogP contribution is 2.15. The van der Waals surface area contributed by atoms with Crippen molar-refractivity contribution in [2.45, 2.75) is 24.0 Å². The van der Waals surface area contributed by atoms with Crippen molar-refractivity contribution < 1.29 is 22.7 Å². The molecule has 2 rings (SSSR count). The quantitative estimate of drug-likeness (QED) is 0.652. The molecule has 0 fully saturated rings. The molecule has 0 aliphatic carbocycles. The molecule has 24 heavy (non-hydrogen) atoms. The van der Waals surface area contributed by atoms with E-state index in [2.05, 4.69) is 0 Å². The van der Waals surface area contributed by atoms with Crippen LogP contribution < -0.4 is 4.74 Å². The summed E-state index contributed by atoms with van der Waals surface area (Å²) in [4.78, 5) is 11.4. The maximum atomic E-state index is 12.2. The third-order valence-electron chi connectivity index (χ3n) is 3.55. The summed E-state index contributed by atoms with van der Waals surface area (Å²) in [6.07, 6.45) is 0.00609. The first-order chi connectivity index (χ1) is 11.5. The van der Waals surface area contributed by atoms with Gasteiger partial charge >= 0.3 is 0 Å². The van der Waals surface area contributed by atoms with Gasteiger partial charge in [-0.1, -0.05) is 30.3 Å². The Hall–Kier alpha value is -2.18. The van der Waals surface area contributed by atoms with Gasteiger partial charge in [0.05, 0.1) is 24.4 Å². The number of hydrogen-bond acceptors (Lipinski definition) is 5. The van der Waals surface area contributed by atoms with Crippen LogP contribution in [0.25, 0.3) is 0 Å². The number of hydrogen-bond donors (Lipinski definition) is 0. The molecule has 1 atom stereocenters. The normalized spacial score (nSPS) is 12.5. The Morgan fingerprint density at radius 2 is 1.71 bits per heavy atom. The molecule has 0 spiro atoms. The fraction of sp³-hybridized carbons (Fsp3) is 0.278. The highest BCUT2D eigenvalue weighted by molar-refractivity contribution is 7.91. The minimum atomic E-state index is -3.41. The molecule has 0 saturated heterocycles. The predicted octanol–water partition coefficient (Wildman–Crippen LogP) is 2.64. The minimum absolute atomic E-state index is 0.122. The first-order valence-electron chi connectivity index (χ1n) is 7.53. The first kappa shape index (κ1) is 18.2. The van der Waals surface area contributed by atoms with Crippen LogP contribution in [0.4, 0.5) is 0 Å². The van der Waals surface area contributed by atoms with E-state index in [1.54, 1.807) is 49.6 Å². The van der Waals surface area contributed by atoms with Gasteiger partial charge in [0.2, 0.25) is 0 Å². The second-order valence-corrected chi connectivity index (χ2v) is 7.36. The van der Waals surface area contributed by atoms with Gasteiger partial charge in [-0.25, -0.2) is 8.42 Å². The molecule has 2 aromatic carbocycles. The lowest BCUT2D eigenvalue weighted by Crippen LogP contribution is -2.19. The van der Waals surface area contributed by atoms with Crippen LogP contribution >= 0.6 is 0 Å². The van der Waals surface area contributed by atoms with E-state index in [-0.39, 0.29) is 23.7 Å². The van der Waals surface area contributed by atoms with E-state index < -0.39 is 15.9 Å². The number of rotatable bonds is 9. The second-order valence-electron chi connectivity index (χ2n) is 5.25. The number of carbonyl (C=O) groups is 1. The molecule has 0 amide bonds. The summed E-state index contributed by atoms with van der Waals surface area (Å²) in [5, 5.41) is 0. The van der Waals surface area contributed by atoms with Gasteiger partial charge in [0.25, 0.3) is 0 Å². The average molecular weight is 348 g/mol. The summed E-state index contributed by atoms with van der Waals surface area (Å²) in [7, 11) is -1.83. The molecule has 0 heterocycles. The maximum absolute atomic E-state index is 12.2. The second kappa shape index (κ2) is 8.61. The van der Waals surface area contributed by atoms with Gasteiger partial charge in [-0.15, -0.1) is 0 Å². The molecule has 5 nitrogen and oxygen atoms in total. The van der Waals surface area contributed by atoms with E-state index in [0.29, 0.717) is 6.29 Å². The van der Waals surface area contributed by atoms with Crippen molar-refractivity contribution in [1.82, 2.24) is 0 Å². The van der Waals surface area contributed by atoms with E-state index >= 15 is 0 Å². The Bertz CT molecular complexity index is 739. The zero-order valence-electron chi connectivity index (χ0n) is 13.4. The summed E-state index contributed by atoms with van der Waals surface area (Å²) >= 11 is 0. The molecule has 0 aromatic heterocycles. The molecule has 0 bridgehead atoms. The molecular formula is C18H20O5S. The van der Waals surface area contributed by atoms with Crippen molar-refractivity contribution in [1.29, 1.82) is 0 Å². The Balaban J connectivity index is 1.89. The van der Waals surface area contributed by atoms with Crippen molar-refractivity contribution in [3.8, 4) is 5.75 Å². The fourth-order valence-electron chi connectivity index (χ4n) is 2.13. The van der Waals surface area contributed by atoms with Crippen LogP contribution in [0, 0.1) is 0 Å². The highest BCUT2D eigenvalue weighted by atomic mass is 32.2. The first-order valence-corrected chi connectivity index (χ1v) is 9.18. The van der Waals surface area contributed by atoms with E-state index in [1.807, 2.05) is 12.1 Å². The third kappa shape index (κ3) is 5.18. The van der Waals surface area contributed by atoms with Crippen LogP contribution in [0.2, 0.25) is 0 Å². The van der Waals surface area contributed by atoms with Crippen molar-refractivity contribution >= 4 is 16.1 Å². The van der Waals surface area contributed by atoms with Crippen molar-refractivity contribution in [2.24, 2.45) is 0 Å². The zero-order valence-corrected chi connectivity index (χ0v) is 14.2. The highest BCUT2D eigenvalue weighted by Gasteiger charge is 2.17. The molecule has 0 saturated carbocycles. The minimum Gasteiger partial charge on any atom is -0.497 e. The van der Waals surface area contributed by atoms with Gasteiger partial charge < -0.3 is 14.3 Å². The summed E-state index contributed by atoms with van der Waals surface area (Å²) in [6.45, 7) is 0.235. The smallest absolute Gasteiger partial charge is 0.178 e. The van der Waals surface area contributed by atoms with Crippen LogP contribution in [-0.2, 0) is 26.0 Å². The number of benzene rings is 2. The van der Waals surface area contributed by atoms with Gasteiger partial charge in [-0.2, -0.15) is 0 Å². The maximum Gasteiger partial charge on any atom is 0.178 e. The van der Waals surface area contributed by atoms with E-state index in [0.717, 1.165) is 11.3 Å². The number of sulfone groups is 1. The van der Waals surface area contributed by atoms with Gasteiger partial charge in [0.15, 0.2) is 9.84 Å². The summed E-state index contributed by atoms with van der Waals surface area (Å²) in [6, 6.07) is 15.5. The Morgan fingerprint density at radius 1 is 1.04 bits per heavy atom. The molecule has 128 valence electrons. The largest absolute Gasteiger partial charge is 0.497 e. The monoisotopic (exact) mass is 348 g/mol. The Kier molecular flexibility index (Phi) is 6.52. The molecule has 0 aliphatic heterocycles. The van der Waals surface area contributed by atoms with Crippen LogP contribution in [0.3, 0.4) is 0 Å². The summed E-state index contributed by atoms with van der Waals surface area (Å²) in [5.41, 5.74) is 0.883. The van der Waals surface area contributed by atoms with Crippen molar-refractivity contribution in [2.75, 3.05) is 12.9 Å². The fourth-order valence-corrected chi connectivity index (χ4v) is 3.48. The molecule has 0 unspecified atom stereocenters. The van der Waals surface area contributed by atoms with Crippen molar-refractivity contribution in [3.05, 3.63) is 60.2 Å². The summed E-state index contributed by atoms with van der Waals surface area (Å²) < 4.78 is 35.0. The molecule has 0 N–H and O–H groups in total. The number of carbonyl (C=O) groups excluding carboxylic acids is 1. The van der Waals surface area contributed by atoms with Gasteiger partial charge in [-0.3, -0.25) is 0 Å². The van der Waals surface area contributed by atoms with Crippen LogP contribution in [0.1, 0.15) is 12.0 Å². The lowest BCUT2D eigenvalue weighted by Gasteiger charge is -2.12. The third-order valence-corrected chi connectivity index (χ3v) is 5.31. The molecule has 0 radical (unpaired) electrons.